The third-order valence-electron chi connectivity index (χ3n) is 7.48. The number of hydrogen-bond acceptors (Lipinski definition) is 4. The Kier molecular flexibility index (Phi) is 4.87. The van der Waals surface area contributed by atoms with Crippen LogP contribution in [0.3, 0.4) is 0 Å². The number of fused-ring (bicyclic) bond motifs is 3. The Morgan fingerprint density at radius 3 is 2.94 bits per heavy atom. The van der Waals surface area contributed by atoms with Crippen LogP contribution < -0.4 is 4.90 Å². The minimum absolute atomic E-state index is 0.739. The van der Waals surface area contributed by atoms with E-state index in [9.17, 15) is 0 Å². The lowest BCUT2D eigenvalue weighted by molar-refractivity contribution is 0.231. The Morgan fingerprint density at radius 2 is 2.03 bits per heavy atom. The van der Waals surface area contributed by atoms with Gasteiger partial charge in [0.1, 0.15) is 0 Å². The molecule has 2 aromatic heterocycles. The lowest BCUT2D eigenvalue weighted by Crippen LogP contribution is -2.50. The van der Waals surface area contributed by atoms with Crippen molar-refractivity contribution < 1.29 is 0 Å². The molecule has 5 nitrogen and oxygen atoms in total. The van der Waals surface area contributed by atoms with Gasteiger partial charge in [-0.25, -0.2) is 4.98 Å². The highest BCUT2D eigenvalue weighted by atomic mass is 15.3. The van der Waals surface area contributed by atoms with Crippen LogP contribution in [0, 0.1) is 6.92 Å². The molecule has 32 heavy (non-hydrogen) atoms. The standard InChI is InChI=1S/C27H31N5/c1-3-20-6-7-22(26-18-32-16-19(2)28-15-27(32)29-26)13-21-8-9-23(14-25(20)21)31-12-11-30-10-4-5-24(30)17-31/h3,8-9,13-16,18,24H,4-7,10-12,17H2,1-2H3/t24-/m1/s1. The molecule has 0 saturated carbocycles. The fraction of sp³-hybridized carbons (Fsp3) is 0.407. The molecule has 4 heterocycles. The summed E-state index contributed by atoms with van der Waals surface area (Å²) >= 11 is 0. The molecule has 0 spiro atoms. The molecule has 0 amide bonds. The third-order valence-corrected chi connectivity index (χ3v) is 7.48. The predicted molar refractivity (Wildman–Crippen MR) is 132 cm³/mol. The van der Waals surface area contributed by atoms with Crippen molar-refractivity contribution in [2.75, 3.05) is 31.1 Å². The number of benzene rings is 1. The van der Waals surface area contributed by atoms with Crippen molar-refractivity contribution >= 4 is 28.6 Å². The number of nitrogens with zero attached hydrogens (tertiary/aromatic N) is 5. The number of imidazole rings is 1. The van der Waals surface area contributed by atoms with Gasteiger partial charge in [-0.1, -0.05) is 12.1 Å². The fourth-order valence-corrected chi connectivity index (χ4v) is 5.69. The van der Waals surface area contributed by atoms with Crippen molar-refractivity contribution in [2.45, 2.75) is 45.6 Å². The summed E-state index contributed by atoms with van der Waals surface area (Å²) in [5, 5.41) is 0. The Bertz CT molecular complexity index is 1230. The number of aromatic nitrogens is 3. The smallest absolute Gasteiger partial charge is 0.155 e. The molecule has 0 radical (unpaired) electrons. The maximum atomic E-state index is 4.86. The van der Waals surface area contributed by atoms with Gasteiger partial charge in [-0.15, -0.1) is 0 Å². The van der Waals surface area contributed by atoms with Crippen molar-refractivity contribution in [3.05, 3.63) is 65.4 Å². The molecule has 6 rings (SSSR count). The first-order chi connectivity index (χ1) is 15.7. The van der Waals surface area contributed by atoms with Gasteiger partial charge in [0.25, 0.3) is 0 Å². The van der Waals surface area contributed by atoms with Gasteiger partial charge in [-0.05, 0) is 86.6 Å². The number of hydrogen-bond donors (Lipinski definition) is 0. The number of anilines is 1. The quantitative estimate of drug-likeness (QED) is 0.575. The number of rotatable bonds is 2. The summed E-state index contributed by atoms with van der Waals surface area (Å²) in [6, 6.07) is 7.82. The Morgan fingerprint density at radius 1 is 1.09 bits per heavy atom. The minimum atomic E-state index is 0.739. The normalized spacial score (nSPS) is 22.7. The molecule has 5 heteroatoms. The SMILES string of the molecule is CC=C1CCC(c2cn3cc(C)ncc3n2)=Cc2ccc(N3CCN4CCC[C@@H]4C3)cc21. The summed E-state index contributed by atoms with van der Waals surface area (Å²) in [6.07, 6.45) is 15.5. The summed E-state index contributed by atoms with van der Waals surface area (Å²) in [6.45, 7) is 8.98. The molecule has 2 saturated heterocycles. The van der Waals surface area contributed by atoms with Crippen LogP contribution in [-0.2, 0) is 0 Å². The van der Waals surface area contributed by atoms with Crippen LogP contribution in [0.25, 0.3) is 22.9 Å². The van der Waals surface area contributed by atoms with Gasteiger partial charge in [0.05, 0.1) is 17.6 Å². The van der Waals surface area contributed by atoms with Crippen molar-refractivity contribution in [3.8, 4) is 0 Å². The molecule has 164 valence electrons. The van der Waals surface area contributed by atoms with E-state index in [1.807, 2.05) is 19.3 Å². The molecule has 0 bridgehead atoms. The first-order valence-corrected chi connectivity index (χ1v) is 12.0. The van der Waals surface area contributed by atoms with E-state index in [2.05, 4.69) is 62.7 Å². The molecule has 0 N–H and O–H groups in total. The molecule has 0 unspecified atom stereocenters. The van der Waals surface area contributed by atoms with Gasteiger partial charge in [-0.2, -0.15) is 0 Å². The molecular weight excluding hydrogens is 394 g/mol. The van der Waals surface area contributed by atoms with Crippen molar-refractivity contribution in [2.24, 2.45) is 0 Å². The first kappa shape index (κ1) is 19.7. The lowest BCUT2D eigenvalue weighted by atomic mass is 9.97. The highest BCUT2D eigenvalue weighted by Gasteiger charge is 2.31. The Labute approximate surface area is 190 Å². The molecule has 3 aromatic rings. The highest BCUT2D eigenvalue weighted by Crippen LogP contribution is 2.37. The van der Waals surface area contributed by atoms with Gasteiger partial charge in [-0.3, -0.25) is 9.88 Å². The number of allylic oxidation sites excluding steroid dienone is 3. The van der Waals surface area contributed by atoms with Crippen LogP contribution in [0.5, 0.6) is 0 Å². The first-order valence-electron chi connectivity index (χ1n) is 12.0. The molecular formula is C27H31N5. The summed E-state index contributed by atoms with van der Waals surface area (Å²) < 4.78 is 2.09. The lowest BCUT2D eigenvalue weighted by Gasteiger charge is -2.39. The predicted octanol–water partition coefficient (Wildman–Crippen LogP) is 5.06. The van der Waals surface area contributed by atoms with Crippen LogP contribution in [0.15, 0.2) is 42.9 Å². The van der Waals surface area contributed by atoms with Gasteiger partial charge in [0.15, 0.2) is 5.65 Å². The van der Waals surface area contributed by atoms with Gasteiger partial charge in [0.2, 0.25) is 0 Å². The summed E-state index contributed by atoms with van der Waals surface area (Å²) in [5.74, 6) is 0. The maximum Gasteiger partial charge on any atom is 0.155 e. The van der Waals surface area contributed by atoms with E-state index < -0.39 is 0 Å². The number of aryl methyl sites for hydroxylation is 1. The second-order valence-corrected chi connectivity index (χ2v) is 9.45. The van der Waals surface area contributed by atoms with Gasteiger partial charge >= 0.3 is 0 Å². The van der Waals surface area contributed by atoms with Crippen molar-refractivity contribution in [1.82, 2.24) is 19.3 Å². The Hall–Kier alpha value is -2.92. The fourth-order valence-electron chi connectivity index (χ4n) is 5.69. The second kappa shape index (κ2) is 7.89. The van der Waals surface area contributed by atoms with Gasteiger partial charge < -0.3 is 9.30 Å². The zero-order valence-electron chi connectivity index (χ0n) is 19.1. The van der Waals surface area contributed by atoms with Crippen LogP contribution in [0.1, 0.15) is 55.1 Å². The van der Waals surface area contributed by atoms with Crippen molar-refractivity contribution in [1.29, 1.82) is 0 Å². The van der Waals surface area contributed by atoms with E-state index in [1.54, 1.807) is 0 Å². The van der Waals surface area contributed by atoms with Gasteiger partial charge in [0, 0.05) is 43.8 Å². The molecule has 2 aliphatic heterocycles. The minimum Gasteiger partial charge on any atom is -0.369 e. The van der Waals surface area contributed by atoms with E-state index >= 15 is 0 Å². The highest BCUT2D eigenvalue weighted by molar-refractivity contribution is 5.89. The van der Waals surface area contributed by atoms with Crippen LogP contribution in [0.2, 0.25) is 0 Å². The largest absolute Gasteiger partial charge is 0.369 e. The summed E-state index contributed by atoms with van der Waals surface area (Å²) in [4.78, 5) is 14.5. The topological polar surface area (TPSA) is 36.7 Å². The zero-order valence-corrected chi connectivity index (χ0v) is 19.1. The molecule has 2 fully saturated rings. The van der Waals surface area contributed by atoms with Crippen molar-refractivity contribution in [3.63, 3.8) is 0 Å². The van der Waals surface area contributed by atoms with Crippen LogP contribution in [-0.4, -0.2) is 51.5 Å². The van der Waals surface area contributed by atoms with E-state index in [-0.39, 0.29) is 0 Å². The molecule has 1 atom stereocenters. The van der Waals surface area contributed by atoms with E-state index in [4.69, 9.17) is 4.98 Å². The van der Waals surface area contributed by atoms with E-state index in [1.165, 1.54) is 60.4 Å². The van der Waals surface area contributed by atoms with Crippen LogP contribution in [0.4, 0.5) is 5.69 Å². The average Bonchev–Trinajstić information content (AvgIpc) is 3.40. The zero-order chi connectivity index (χ0) is 21.7. The molecule has 1 aromatic carbocycles. The van der Waals surface area contributed by atoms with E-state index in [0.717, 1.165) is 42.5 Å². The Balaban J connectivity index is 1.35. The maximum absolute atomic E-state index is 4.86. The molecule has 3 aliphatic rings. The van der Waals surface area contributed by atoms with E-state index in [0.29, 0.717) is 0 Å². The number of piperazine rings is 1. The van der Waals surface area contributed by atoms with Crippen LogP contribution >= 0.6 is 0 Å². The second-order valence-electron chi connectivity index (χ2n) is 9.45. The summed E-state index contributed by atoms with van der Waals surface area (Å²) in [7, 11) is 0. The average molecular weight is 426 g/mol. The monoisotopic (exact) mass is 425 g/mol. The summed E-state index contributed by atoms with van der Waals surface area (Å²) in [5.41, 5.74) is 9.77. The molecule has 1 aliphatic carbocycles. The third kappa shape index (κ3) is 3.45.